The van der Waals surface area contributed by atoms with E-state index in [2.05, 4.69) is 15.8 Å². The molecule has 0 aliphatic rings. The quantitative estimate of drug-likeness (QED) is 0.381. The maximum atomic E-state index is 12.7. The first-order chi connectivity index (χ1) is 14.1. The molecule has 2 rings (SSSR count). The van der Waals surface area contributed by atoms with Crippen molar-refractivity contribution >= 4 is 23.7 Å². The van der Waals surface area contributed by atoms with Gasteiger partial charge in [0.25, 0.3) is 0 Å². The van der Waals surface area contributed by atoms with E-state index in [0.717, 1.165) is 17.9 Å². The number of hydrogen-bond donors (Lipinski definition) is 2. The summed E-state index contributed by atoms with van der Waals surface area (Å²) in [7, 11) is 0. The Balaban J connectivity index is 1.81. The summed E-state index contributed by atoms with van der Waals surface area (Å²) in [6, 6.07) is 11.2. The van der Waals surface area contributed by atoms with Gasteiger partial charge in [0.15, 0.2) is 0 Å². The zero-order valence-electron chi connectivity index (χ0n) is 16.5. The molecule has 0 saturated heterocycles. The van der Waals surface area contributed by atoms with Crippen molar-refractivity contribution in [1.82, 2.24) is 5.43 Å². The Labute approximate surface area is 172 Å². The highest BCUT2D eigenvalue weighted by Gasteiger charge is 2.30. The summed E-state index contributed by atoms with van der Waals surface area (Å²) in [6.45, 7) is 4.69. The second-order valence-electron chi connectivity index (χ2n) is 6.87. The number of amides is 2. The van der Waals surface area contributed by atoms with Crippen LogP contribution < -0.4 is 15.5 Å². The lowest BCUT2D eigenvalue weighted by Crippen LogP contribution is -2.24. The topological polar surface area (TPSA) is 79.8 Å². The van der Waals surface area contributed by atoms with Crippen LogP contribution >= 0.6 is 0 Å². The molecule has 0 spiro atoms. The van der Waals surface area contributed by atoms with Gasteiger partial charge in [-0.2, -0.15) is 18.3 Å². The Morgan fingerprint density at radius 1 is 1.10 bits per heavy atom. The molecule has 0 heterocycles. The minimum Gasteiger partial charge on any atom is -0.493 e. The van der Waals surface area contributed by atoms with Crippen LogP contribution in [0.4, 0.5) is 18.9 Å². The minimum atomic E-state index is -4.52. The van der Waals surface area contributed by atoms with Gasteiger partial charge in [-0.25, -0.2) is 5.43 Å². The number of ether oxygens (including phenoxy) is 1. The van der Waals surface area contributed by atoms with Crippen LogP contribution in [0.2, 0.25) is 0 Å². The highest BCUT2D eigenvalue weighted by molar-refractivity contribution is 6.03. The second-order valence-corrected chi connectivity index (χ2v) is 6.87. The van der Waals surface area contributed by atoms with Crippen LogP contribution in [0.15, 0.2) is 53.6 Å². The molecule has 2 amide bonds. The fourth-order valence-corrected chi connectivity index (χ4v) is 2.26. The van der Waals surface area contributed by atoms with Crippen molar-refractivity contribution in [2.45, 2.75) is 26.4 Å². The van der Waals surface area contributed by atoms with Crippen molar-refractivity contribution in [3.8, 4) is 5.75 Å². The monoisotopic (exact) mass is 421 g/mol. The average Bonchev–Trinajstić information content (AvgIpc) is 2.66. The Kier molecular flexibility index (Phi) is 7.97. The number of halogens is 3. The third-order valence-corrected chi connectivity index (χ3v) is 3.66. The van der Waals surface area contributed by atoms with Gasteiger partial charge in [-0.1, -0.05) is 19.9 Å². The first kappa shape index (κ1) is 22.9. The summed E-state index contributed by atoms with van der Waals surface area (Å²) in [4.78, 5) is 23.6. The van der Waals surface area contributed by atoms with Crippen LogP contribution in [0.3, 0.4) is 0 Å². The van der Waals surface area contributed by atoms with E-state index < -0.39 is 30.0 Å². The number of carbonyl (C=O) groups excluding carboxylic acids is 2. The standard InChI is InChI=1S/C21H22F3N3O3/c1-14(2)13-30-18-8-6-15(7-9-18)12-25-27-20(29)11-19(28)26-17-5-3-4-16(10-17)21(22,23)24/h3-10,12,14H,11,13H2,1-2H3,(H,26,28)(H,27,29). The summed E-state index contributed by atoms with van der Waals surface area (Å²) in [5, 5.41) is 6.01. The summed E-state index contributed by atoms with van der Waals surface area (Å²) in [6.07, 6.45) is -3.71. The smallest absolute Gasteiger partial charge is 0.416 e. The molecule has 6 nitrogen and oxygen atoms in total. The van der Waals surface area contributed by atoms with Crippen molar-refractivity contribution in [3.63, 3.8) is 0 Å². The zero-order chi connectivity index (χ0) is 22.1. The van der Waals surface area contributed by atoms with Gasteiger partial charge in [0, 0.05) is 5.69 Å². The van der Waals surface area contributed by atoms with Gasteiger partial charge < -0.3 is 10.1 Å². The SMILES string of the molecule is CC(C)COc1ccc(C=NNC(=O)CC(=O)Nc2cccc(C(F)(F)F)c2)cc1. The van der Waals surface area contributed by atoms with Crippen LogP contribution in [0.1, 0.15) is 31.4 Å². The number of nitrogens with one attached hydrogen (secondary N) is 2. The first-order valence-corrected chi connectivity index (χ1v) is 9.15. The highest BCUT2D eigenvalue weighted by Crippen LogP contribution is 2.30. The summed E-state index contributed by atoms with van der Waals surface area (Å²) >= 11 is 0. The Morgan fingerprint density at radius 2 is 1.80 bits per heavy atom. The maximum Gasteiger partial charge on any atom is 0.416 e. The third kappa shape index (κ3) is 7.94. The molecule has 2 aromatic carbocycles. The molecule has 0 saturated carbocycles. The van der Waals surface area contributed by atoms with Crippen molar-refractivity contribution in [3.05, 3.63) is 59.7 Å². The molecule has 0 aliphatic heterocycles. The van der Waals surface area contributed by atoms with E-state index in [1.165, 1.54) is 18.3 Å². The highest BCUT2D eigenvalue weighted by atomic mass is 19.4. The molecule has 160 valence electrons. The van der Waals surface area contributed by atoms with E-state index in [0.29, 0.717) is 18.1 Å². The summed E-state index contributed by atoms with van der Waals surface area (Å²) < 4.78 is 43.6. The van der Waals surface area contributed by atoms with Gasteiger partial charge in [-0.15, -0.1) is 0 Å². The Bertz CT molecular complexity index is 894. The molecule has 0 aromatic heterocycles. The number of hydrazone groups is 1. The summed E-state index contributed by atoms with van der Waals surface area (Å²) in [5.41, 5.74) is 1.96. The van der Waals surface area contributed by atoms with Crippen LogP contribution in [-0.2, 0) is 15.8 Å². The molecular formula is C21H22F3N3O3. The van der Waals surface area contributed by atoms with Crippen molar-refractivity contribution < 1.29 is 27.5 Å². The Morgan fingerprint density at radius 3 is 2.43 bits per heavy atom. The lowest BCUT2D eigenvalue weighted by molar-refractivity contribution is -0.137. The third-order valence-electron chi connectivity index (χ3n) is 3.66. The fourth-order valence-electron chi connectivity index (χ4n) is 2.26. The Hall–Kier alpha value is -3.36. The van der Waals surface area contributed by atoms with Gasteiger partial charge in [0.1, 0.15) is 12.2 Å². The lowest BCUT2D eigenvalue weighted by Gasteiger charge is -2.09. The molecule has 0 radical (unpaired) electrons. The van der Waals surface area contributed by atoms with Crippen molar-refractivity contribution in [2.24, 2.45) is 11.0 Å². The van der Waals surface area contributed by atoms with E-state index in [1.807, 2.05) is 13.8 Å². The van der Waals surface area contributed by atoms with E-state index in [9.17, 15) is 22.8 Å². The molecule has 0 unspecified atom stereocenters. The lowest BCUT2D eigenvalue weighted by atomic mass is 10.2. The van der Waals surface area contributed by atoms with Crippen LogP contribution in [0.5, 0.6) is 5.75 Å². The molecule has 30 heavy (non-hydrogen) atoms. The van der Waals surface area contributed by atoms with Gasteiger partial charge >= 0.3 is 6.18 Å². The predicted octanol–water partition coefficient (Wildman–Crippen LogP) is 4.22. The van der Waals surface area contributed by atoms with Crippen molar-refractivity contribution in [2.75, 3.05) is 11.9 Å². The van der Waals surface area contributed by atoms with Gasteiger partial charge in [-0.05, 0) is 53.9 Å². The fraction of sp³-hybridized carbons (Fsp3) is 0.286. The van der Waals surface area contributed by atoms with E-state index in [4.69, 9.17) is 4.74 Å². The van der Waals surface area contributed by atoms with Crippen molar-refractivity contribution in [1.29, 1.82) is 0 Å². The molecular weight excluding hydrogens is 399 g/mol. The number of benzene rings is 2. The number of hydrogen-bond acceptors (Lipinski definition) is 4. The second kappa shape index (κ2) is 10.4. The van der Waals surface area contributed by atoms with Gasteiger partial charge in [0.05, 0.1) is 18.4 Å². The molecule has 9 heteroatoms. The number of carbonyl (C=O) groups is 2. The molecule has 2 aromatic rings. The predicted molar refractivity (Wildman–Crippen MR) is 107 cm³/mol. The van der Waals surface area contributed by atoms with Crippen LogP contribution in [0.25, 0.3) is 0 Å². The molecule has 0 aliphatic carbocycles. The molecule has 0 fully saturated rings. The van der Waals surface area contributed by atoms with Gasteiger partial charge in [0.2, 0.25) is 11.8 Å². The number of rotatable bonds is 8. The van der Waals surface area contributed by atoms with E-state index >= 15 is 0 Å². The zero-order valence-corrected chi connectivity index (χ0v) is 16.5. The molecule has 0 bridgehead atoms. The average molecular weight is 421 g/mol. The maximum absolute atomic E-state index is 12.7. The minimum absolute atomic E-state index is 0.0501. The largest absolute Gasteiger partial charge is 0.493 e. The van der Waals surface area contributed by atoms with E-state index in [-0.39, 0.29) is 5.69 Å². The van der Waals surface area contributed by atoms with Crippen LogP contribution in [0, 0.1) is 5.92 Å². The number of anilines is 1. The summed E-state index contributed by atoms with van der Waals surface area (Å²) in [5.74, 6) is -0.329. The van der Waals surface area contributed by atoms with Gasteiger partial charge in [-0.3, -0.25) is 9.59 Å². The number of nitrogens with zero attached hydrogens (tertiary/aromatic N) is 1. The molecule has 2 N–H and O–H groups in total. The van der Waals surface area contributed by atoms with E-state index in [1.54, 1.807) is 24.3 Å². The first-order valence-electron chi connectivity index (χ1n) is 9.15. The van der Waals surface area contributed by atoms with Crippen LogP contribution in [-0.4, -0.2) is 24.6 Å². The number of alkyl halides is 3. The normalized spacial score (nSPS) is 11.5. The molecule has 0 atom stereocenters.